The first-order valence-electron chi connectivity index (χ1n) is 7.90. The van der Waals surface area contributed by atoms with Crippen LogP contribution in [0.2, 0.25) is 0 Å². The van der Waals surface area contributed by atoms with Gasteiger partial charge in [0.25, 0.3) is 0 Å². The van der Waals surface area contributed by atoms with Crippen LogP contribution in [0.5, 0.6) is 0 Å². The zero-order valence-corrected chi connectivity index (χ0v) is 14.2. The molecule has 0 bridgehead atoms. The molecule has 0 amide bonds. The van der Waals surface area contributed by atoms with E-state index in [4.69, 9.17) is 0 Å². The minimum absolute atomic E-state index is 0.00417. The Morgan fingerprint density at radius 3 is 2.50 bits per heavy atom. The molecular weight excluding hydrogens is 326 g/mol. The van der Waals surface area contributed by atoms with Crippen LogP contribution in [0.25, 0.3) is 0 Å². The molecule has 5 atom stereocenters. The van der Waals surface area contributed by atoms with Crippen molar-refractivity contribution in [1.29, 1.82) is 0 Å². The van der Waals surface area contributed by atoms with E-state index in [1.807, 2.05) is 0 Å². The summed E-state index contributed by atoms with van der Waals surface area (Å²) in [5.74, 6) is -0.561. The number of piperidine rings is 2. The fourth-order valence-electron chi connectivity index (χ4n) is 2.83. The second-order valence-corrected chi connectivity index (χ2v) is 8.52. The van der Waals surface area contributed by atoms with Crippen LogP contribution in [0.3, 0.4) is 0 Å². The number of hydrogen-bond acceptors (Lipinski definition) is 6. The van der Waals surface area contributed by atoms with Crippen molar-refractivity contribution in [3.8, 4) is 0 Å². The maximum absolute atomic E-state index is 11.8. The first-order chi connectivity index (χ1) is 10.6. The normalized spacial score (nSPS) is 34.3. The molecular formula is C13H25N3O4S2. The molecule has 5 unspecified atom stereocenters. The number of nitrogens with one attached hydrogen (secondary N) is 3. The molecule has 0 aromatic rings. The topological polar surface area (TPSA) is 104 Å². The highest BCUT2D eigenvalue weighted by Gasteiger charge is 2.28. The average Bonchev–Trinajstić information content (AvgIpc) is 2.50. The minimum atomic E-state index is -0.929. The monoisotopic (exact) mass is 351 g/mol. The zero-order chi connectivity index (χ0) is 15.9. The van der Waals surface area contributed by atoms with E-state index < -0.39 is 12.0 Å². The van der Waals surface area contributed by atoms with Crippen molar-refractivity contribution in [2.45, 2.75) is 56.1 Å². The number of aliphatic carboxylic acids is 1. The van der Waals surface area contributed by atoms with E-state index in [1.165, 1.54) is 21.6 Å². The summed E-state index contributed by atoms with van der Waals surface area (Å²) in [5.41, 5.74) is 0. The quantitative estimate of drug-likeness (QED) is 0.351. The SMILES string of the molecule is O=C(O)C(CSSC1CCCC[NH+]1[O-])NC1CCCC[NH+]1[O-]. The van der Waals surface area contributed by atoms with Crippen LogP contribution in [0, 0.1) is 10.4 Å². The summed E-state index contributed by atoms with van der Waals surface area (Å²) in [7, 11) is 2.92. The summed E-state index contributed by atoms with van der Waals surface area (Å²) in [6.45, 7) is 1.19. The van der Waals surface area contributed by atoms with E-state index >= 15 is 0 Å². The van der Waals surface area contributed by atoms with Crippen LogP contribution >= 0.6 is 21.6 Å². The Hall–Kier alpha value is -0.0300. The standard InChI is InChI=1S/C13H25N3O4S2/c17-13(18)10(14-11-5-1-3-7-15(11)19)9-21-22-12-6-2-4-8-16(12)20/h10-12,14-16H,1-9H2,(H,17,18). The molecule has 0 aromatic carbocycles. The van der Waals surface area contributed by atoms with E-state index in [-0.39, 0.29) is 21.7 Å². The van der Waals surface area contributed by atoms with Gasteiger partial charge in [-0.3, -0.25) is 10.1 Å². The van der Waals surface area contributed by atoms with E-state index in [1.54, 1.807) is 0 Å². The summed E-state index contributed by atoms with van der Waals surface area (Å²) in [4.78, 5) is 11.4. The second kappa shape index (κ2) is 9.31. The molecule has 2 saturated heterocycles. The maximum atomic E-state index is 11.8. The fourth-order valence-corrected chi connectivity index (χ4v) is 5.69. The molecule has 9 heteroatoms. The van der Waals surface area contributed by atoms with Gasteiger partial charge in [0.2, 0.25) is 0 Å². The number of hydrogen-bond donors (Lipinski definition) is 4. The van der Waals surface area contributed by atoms with Crippen LogP contribution in [-0.2, 0) is 4.79 Å². The highest BCUT2D eigenvalue weighted by molar-refractivity contribution is 8.76. The van der Waals surface area contributed by atoms with Gasteiger partial charge in [-0.25, -0.2) is 0 Å². The van der Waals surface area contributed by atoms with Gasteiger partial charge in [0.1, 0.15) is 17.6 Å². The molecule has 0 spiro atoms. The third kappa shape index (κ3) is 5.55. The molecule has 4 N–H and O–H groups in total. The van der Waals surface area contributed by atoms with E-state index in [9.17, 15) is 20.3 Å². The van der Waals surface area contributed by atoms with Crippen molar-refractivity contribution >= 4 is 27.6 Å². The third-order valence-electron chi connectivity index (χ3n) is 4.17. The zero-order valence-electron chi connectivity index (χ0n) is 12.6. The summed E-state index contributed by atoms with van der Waals surface area (Å²) in [6, 6.07) is -0.733. The lowest BCUT2D eigenvalue weighted by Gasteiger charge is -2.37. The van der Waals surface area contributed by atoms with Crippen LogP contribution in [0.15, 0.2) is 0 Å². The average molecular weight is 351 g/mol. The Labute approximate surface area is 138 Å². The lowest BCUT2D eigenvalue weighted by molar-refractivity contribution is -0.885. The van der Waals surface area contributed by atoms with Gasteiger partial charge in [0.15, 0.2) is 0 Å². The lowest BCUT2D eigenvalue weighted by atomic mass is 10.1. The third-order valence-corrected chi connectivity index (χ3v) is 7.02. The van der Waals surface area contributed by atoms with Gasteiger partial charge in [-0.1, -0.05) is 10.8 Å². The number of hydroxylamine groups is 4. The van der Waals surface area contributed by atoms with Gasteiger partial charge in [-0.05, 0) is 36.5 Å². The first kappa shape index (κ1) is 18.3. The number of carbonyl (C=O) groups is 1. The van der Waals surface area contributed by atoms with Gasteiger partial charge in [-0.15, -0.1) is 0 Å². The van der Waals surface area contributed by atoms with E-state index in [2.05, 4.69) is 5.32 Å². The molecule has 2 fully saturated rings. The van der Waals surface area contributed by atoms with Gasteiger partial charge < -0.3 is 25.6 Å². The summed E-state index contributed by atoms with van der Waals surface area (Å²) >= 11 is 0. The van der Waals surface area contributed by atoms with E-state index in [0.717, 1.165) is 38.5 Å². The first-order valence-corrected chi connectivity index (χ1v) is 10.3. The molecule has 0 saturated carbocycles. The fraction of sp³-hybridized carbons (Fsp3) is 0.923. The Bertz CT molecular complexity index is 364. The smallest absolute Gasteiger partial charge is 0.321 e. The molecule has 2 rings (SSSR count). The molecule has 2 heterocycles. The second-order valence-electron chi connectivity index (χ2n) is 5.90. The van der Waals surface area contributed by atoms with Crippen LogP contribution in [0.4, 0.5) is 0 Å². The van der Waals surface area contributed by atoms with Crippen molar-refractivity contribution in [3.05, 3.63) is 10.4 Å². The summed E-state index contributed by atoms with van der Waals surface area (Å²) in [6.07, 6.45) is 5.21. The molecule has 128 valence electrons. The van der Waals surface area contributed by atoms with E-state index in [0.29, 0.717) is 18.8 Å². The van der Waals surface area contributed by atoms with Crippen molar-refractivity contribution in [1.82, 2.24) is 5.32 Å². The van der Waals surface area contributed by atoms with Gasteiger partial charge in [0, 0.05) is 18.6 Å². The molecule has 22 heavy (non-hydrogen) atoms. The van der Waals surface area contributed by atoms with Gasteiger partial charge in [-0.2, -0.15) is 0 Å². The van der Waals surface area contributed by atoms with Crippen LogP contribution < -0.4 is 15.4 Å². The molecule has 7 nitrogen and oxygen atoms in total. The number of carboxylic acid groups (broad SMARTS) is 1. The van der Waals surface area contributed by atoms with Crippen molar-refractivity contribution < 1.29 is 20.0 Å². The Balaban J connectivity index is 1.75. The molecule has 0 aliphatic carbocycles. The Morgan fingerprint density at radius 1 is 1.18 bits per heavy atom. The highest BCUT2D eigenvalue weighted by Crippen LogP contribution is 2.28. The predicted molar refractivity (Wildman–Crippen MR) is 88.3 cm³/mol. The minimum Gasteiger partial charge on any atom is -0.633 e. The predicted octanol–water partition coefficient (Wildman–Crippen LogP) is -0.804. The largest absolute Gasteiger partial charge is 0.633 e. The molecule has 2 aliphatic heterocycles. The Kier molecular flexibility index (Phi) is 7.75. The van der Waals surface area contributed by atoms with Crippen LogP contribution in [0.1, 0.15) is 38.5 Å². The number of rotatable bonds is 7. The Morgan fingerprint density at radius 2 is 1.86 bits per heavy atom. The highest BCUT2D eigenvalue weighted by atomic mass is 33.1. The maximum Gasteiger partial charge on any atom is 0.321 e. The van der Waals surface area contributed by atoms with Crippen LogP contribution in [-0.4, -0.2) is 47.5 Å². The molecule has 2 aliphatic rings. The summed E-state index contributed by atoms with van der Waals surface area (Å²) in [5, 5.41) is 36.3. The molecule has 0 aromatic heterocycles. The van der Waals surface area contributed by atoms with Crippen molar-refractivity contribution in [2.24, 2.45) is 0 Å². The van der Waals surface area contributed by atoms with Crippen molar-refractivity contribution in [2.75, 3.05) is 18.8 Å². The summed E-state index contributed by atoms with van der Waals surface area (Å²) < 4.78 is 0. The van der Waals surface area contributed by atoms with Crippen molar-refractivity contribution in [3.63, 3.8) is 0 Å². The number of carboxylic acids is 1. The van der Waals surface area contributed by atoms with Gasteiger partial charge >= 0.3 is 5.97 Å². The molecule has 0 radical (unpaired) electrons. The number of quaternary nitrogens is 2. The van der Waals surface area contributed by atoms with Gasteiger partial charge in [0.05, 0.1) is 13.1 Å². The lowest BCUT2D eigenvalue weighted by Crippen LogP contribution is -3.14.